The lowest BCUT2D eigenvalue weighted by atomic mass is 9.78. The zero-order valence-electron chi connectivity index (χ0n) is 17.7. The van der Waals surface area contributed by atoms with Crippen molar-refractivity contribution in [1.29, 1.82) is 0 Å². The predicted molar refractivity (Wildman–Crippen MR) is 115 cm³/mol. The Morgan fingerprint density at radius 2 is 1.61 bits per heavy atom. The zero-order chi connectivity index (χ0) is 20.7. The highest BCUT2D eigenvalue weighted by atomic mass is 16.5. The van der Waals surface area contributed by atoms with Crippen LogP contribution in [0.2, 0.25) is 0 Å². The molecule has 2 aromatic carbocycles. The molecule has 3 nitrogen and oxygen atoms in total. The first-order valence-corrected chi connectivity index (χ1v) is 9.83. The quantitative estimate of drug-likeness (QED) is 0.541. The molecule has 3 rings (SSSR count). The molecule has 1 N–H and O–H groups in total. The lowest BCUT2D eigenvalue weighted by Gasteiger charge is -2.27. The number of carbonyl (C=O) groups is 1. The molecule has 0 fully saturated rings. The highest BCUT2D eigenvalue weighted by Gasteiger charge is 2.27. The second-order valence-electron chi connectivity index (χ2n) is 9.58. The highest BCUT2D eigenvalue weighted by Crippen LogP contribution is 2.40. The summed E-state index contributed by atoms with van der Waals surface area (Å²) in [7, 11) is 0. The van der Waals surface area contributed by atoms with Crippen molar-refractivity contribution >= 4 is 11.9 Å². The summed E-state index contributed by atoms with van der Waals surface area (Å²) in [5.74, 6) is 1.17. The smallest absolute Gasteiger partial charge is 0.185 e. The van der Waals surface area contributed by atoms with E-state index in [0.29, 0.717) is 11.3 Å². The summed E-state index contributed by atoms with van der Waals surface area (Å²) in [6.45, 7) is 13.0. The van der Waals surface area contributed by atoms with Gasteiger partial charge in [-0.1, -0.05) is 53.7 Å². The van der Waals surface area contributed by atoms with E-state index in [1.165, 1.54) is 5.56 Å². The van der Waals surface area contributed by atoms with Crippen LogP contribution in [0.1, 0.15) is 74.2 Å². The molecule has 28 heavy (non-hydrogen) atoms. The number of allylic oxidation sites excluding steroid dienone is 1. The molecule has 148 valence electrons. The first-order chi connectivity index (χ1) is 13.0. The van der Waals surface area contributed by atoms with Gasteiger partial charge in [0.05, 0.1) is 6.61 Å². The van der Waals surface area contributed by atoms with Gasteiger partial charge in [-0.3, -0.25) is 4.79 Å². The van der Waals surface area contributed by atoms with E-state index in [9.17, 15) is 9.90 Å². The topological polar surface area (TPSA) is 46.5 Å². The van der Waals surface area contributed by atoms with Crippen molar-refractivity contribution in [1.82, 2.24) is 0 Å². The predicted octanol–water partition coefficient (Wildman–Crippen LogP) is 5.82. The Balaban J connectivity index is 1.97. The van der Waals surface area contributed by atoms with Crippen LogP contribution in [-0.4, -0.2) is 17.5 Å². The van der Waals surface area contributed by atoms with Crippen LogP contribution >= 0.6 is 0 Å². The van der Waals surface area contributed by atoms with Gasteiger partial charge >= 0.3 is 0 Å². The third kappa shape index (κ3) is 4.14. The molecule has 1 aliphatic rings. The van der Waals surface area contributed by atoms with Gasteiger partial charge in [0.15, 0.2) is 5.78 Å². The van der Waals surface area contributed by atoms with Gasteiger partial charge in [-0.25, -0.2) is 0 Å². The van der Waals surface area contributed by atoms with Crippen LogP contribution in [-0.2, 0) is 17.3 Å². The fraction of sp³-hybridized carbons (Fsp3) is 0.400. The van der Waals surface area contributed by atoms with Crippen LogP contribution in [0.4, 0.5) is 0 Å². The summed E-state index contributed by atoms with van der Waals surface area (Å²) >= 11 is 0. The van der Waals surface area contributed by atoms with E-state index in [0.717, 1.165) is 35.5 Å². The van der Waals surface area contributed by atoms with E-state index in [1.807, 2.05) is 71.9 Å². The Bertz CT molecular complexity index is 902. The summed E-state index contributed by atoms with van der Waals surface area (Å²) in [5, 5.41) is 10.8. The molecule has 3 heteroatoms. The molecular formula is C25H30O3. The molecule has 0 saturated heterocycles. The van der Waals surface area contributed by atoms with Crippen LogP contribution in [0.3, 0.4) is 0 Å². The van der Waals surface area contributed by atoms with Crippen LogP contribution < -0.4 is 4.74 Å². The van der Waals surface area contributed by atoms with Crippen LogP contribution in [0.25, 0.3) is 6.08 Å². The lowest BCUT2D eigenvalue weighted by Crippen LogP contribution is -2.18. The third-order valence-electron chi connectivity index (χ3n) is 5.15. The summed E-state index contributed by atoms with van der Waals surface area (Å²) in [4.78, 5) is 12.9. The molecule has 0 radical (unpaired) electrons. The van der Waals surface area contributed by atoms with Crippen LogP contribution in [0.15, 0.2) is 36.4 Å². The fourth-order valence-corrected chi connectivity index (χ4v) is 3.50. The van der Waals surface area contributed by atoms with E-state index in [4.69, 9.17) is 4.74 Å². The molecule has 1 aliphatic heterocycles. The number of phenolic OH excluding ortho intramolecular Hbond substituents is 1. The van der Waals surface area contributed by atoms with Crippen molar-refractivity contribution in [3.63, 3.8) is 0 Å². The Morgan fingerprint density at radius 3 is 2.18 bits per heavy atom. The minimum absolute atomic E-state index is 0.0623. The van der Waals surface area contributed by atoms with Crippen molar-refractivity contribution in [3.05, 3.63) is 64.2 Å². The van der Waals surface area contributed by atoms with Gasteiger partial charge in [-0.05, 0) is 52.3 Å². The number of ether oxygens (including phenoxy) is 1. The van der Waals surface area contributed by atoms with Gasteiger partial charge < -0.3 is 9.84 Å². The minimum atomic E-state index is -0.260. The largest absolute Gasteiger partial charge is 0.507 e. The average Bonchev–Trinajstić information content (AvgIpc) is 3.05. The number of fused-ring (bicyclic) bond motifs is 1. The van der Waals surface area contributed by atoms with Crippen molar-refractivity contribution in [2.75, 3.05) is 6.61 Å². The molecule has 1 heterocycles. The molecule has 0 spiro atoms. The van der Waals surface area contributed by atoms with Crippen LogP contribution in [0.5, 0.6) is 11.5 Å². The standard InChI is InChI=1S/C25H30O3/c1-24(2,3)19-14-18(15-20(23(19)27)25(4,5)6)21(26)9-7-16-8-10-22-17(13-16)11-12-28-22/h7-10,13-15,27H,11-12H2,1-6H3/b9-7+. The Hall–Kier alpha value is -2.55. The number of ketones is 1. The third-order valence-corrected chi connectivity index (χ3v) is 5.15. The fourth-order valence-electron chi connectivity index (χ4n) is 3.50. The maximum absolute atomic E-state index is 12.9. The van der Waals surface area contributed by atoms with Crippen molar-refractivity contribution < 1.29 is 14.6 Å². The number of hydrogen-bond donors (Lipinski definition) is 1. The van der Waals surface area contributed by atoms with Crippen molar-refractivity contribution in [2.45, 2.75) is 58.8 Å². The molecule has 0 saturated carbocycles. The van der Waals surface area contributed by atoms with Gasteiger partial charge in [0.2, 0.25) is 0 Å². The Morgan fingerprint density at radius 1 is 1.00 bits per heavy atom. The van der Waals surface area contributed by atoms with E-state index < -0.39 is 0 Å². The summed E-state index contributed by atoms with van der Waals surface area (Å²) < 4.78 is 5.53. The maximum Gasteiger partial charge on any atom is 0.185 e. The van der Waals surface area contributed by atoms with Gasteiger partial charge in [-0.15, -0.1) is 0 Å². The number of aromatic hydroxyl groups is 1. The van der Waals surface area contributed by atoms with E-state index in [2.05, 4.69) is 6.07 Å². The number of phenols is 1. The van der Waals surface area contributed by atoms with E-state index in [1.54, 1.807) is 6.08 Å². The highest BCUT2D eigenvalue weighted by molar-refractivity contribution is 6.07. The summed E-state index contributed by atoms with van der Waals surface area (Å²) in [6, 6.07) is 9.65. The van der Waals surface area contributed by atoms with E-state index >= 15 is 0 Å². The van der Waals surface area contributed by atoms with Gasteiger partial charge in [-0.2, -0.15) is 0 Å². The minimum Gasteiger partial charge on any atom is -0.507 e. The first kappa shape index (κ1) is 20.2. The average molecular weight is 379 g/mol. The number of benzene rings is 2. The zero-order valence-corrected chi connectivity index (χ0v) is 17.7. The normalized spacial score (nSPS) is 14.2. The summed E-state index contributed by atoms with van der Waals surface area (Å²) in [5.41, 5.74) is 3.85. The molecule has 0 aliphatic carbocycles. The van der Waals surface area contributed by atoms with Crippen LogP contribution in [0, 0.1) is 0 Å². The maximum atomic E-state index is 12.9. The number of carbonyl (C=O) groups excluding carboxylic acids is 1. The molecule has 0 bridgehead atoms. The number of rotatable bonds is 3. The second kappa shape index (κ2) is 7.12. The van der Waals surface area contributed by atoms with Gasteiger partial charge in [0.25, 0.3) is 0 Å². The number of hydrogen-bond acceptors (Lipinski definition) is 3. The molecule has 2 aromatic rings. The molecule has 0 amide bonds. The van der Waals surface area contributed by atoms with E-state index in [-0.39, 0.29) is 16.6 Å². The van der Waals surface area contributed by atoms with Crippen molar-refractivity contribution in [3.8, 4) is 11.5 Å². The SMILES string of the molecule is CC(C)(C)c1cc(C(=O)/C=C/c2ccc3c(c2)CCO3)cc(C(C)(C)C)c1O. The van der Waals surface area contributed by atoms with Gasteiger partial charge in [0.1, 0.15) is 11.5 Å². The molecule has 0 aromatic heterocycles. The first-order valence-electron chi connectivity index (χ1n) is 9.83. The lowest BCUT2D eigenvalue weighted by molar-refractivity contribution is 0.104. The second-order valence-corrected chi connectivity index (χ2v) is 9.58. The molecule has 0 unspecified atom stereocenters. The monoisotopic (exact) mass is 378 g/mol. The Labute approximate surface area is 168 Å². The van der Waals surface area contributed by atoms with Gasteiger partial charge in [0, 0.05) is 23.1 Å². The Kier molecular flexibility index (Phi) is 5.14. The molecule has 0 atom stereocenters. The summed E-state index contributed by atoms with van der Waals surface area (Å²) in [6.07, 6.45) is 4.37. The van der Waals surface area contributed by atoms with Crippen molar-refractivity contribution in [2.24, 2.45) is 0 Å². The molecular weight excluding hydrogens is 348 g/mol.